The fraction of sp³-hybridized carbons (Fsp3) is 0.541. The first-order valence-electron chi connectivity index (χ1n) is 16.9. The number of benzene rings is 1. The number of allylic oxidation sites excluding steroid dienone is 4. The molecule has 256 valence electrons. The van der Waals surface area contributed by atoms with Crippen molar-refractivity contribution in [3.05, 3.63) is 88.3 Å². The summed E-state index contributed by atoms with van der Waals surface area (Å²) < 4.78 is 73.0. The van der Waals surface area contributed by atoms with Gasteiger partial charge in [-0.15, -0.1) is 0 Å². The Morgan fingerprint density at radius 2 is 1.73 bits per heavy atom. The molecule has 5 unspecified atom stereocenters. The molecule has 11 heteroatoms. The van der Waals surface area contributed by atoms with Crippen molar-refractivity contribution in [2.75, 3.05) is 26.2 Å². The Labute approximate surface area is 277 Å². The second kappa shape index (κ2) is 12.5. The van der Waals surface area contributed by atoms with Gasteiger partial charge in [0.25, 0.3) is 5.91 Å². The molecule has 0 radical (unpaired) electrons. The van der Waals surface area contributed by atoms with Gasteiger partial charge in [0.2, 0.25) is 0 Å². The summed E-state index contributed by atoms with van der Waals surface area (Å²) in [6.45, 7) is 5.27. The lowest BCUT2D eigenvalue weighted by Crippen LogP contribution is -2.50. The van der Waals surface area contributed by atoms with Crippen LogP contribution in [0.3, 0.4) is 0 Å². The van der Waals surface area contributed by atoms with Crippen molar-refractivity contribution >= 4 is 11.7 Å². The number of fused-ring (bicyclic) bond motifs is 4. The molecule has 1 aliphatic heterocycles. The number of aromatic nitrogens is 1. The van der Waals surface area contributed by atoms with Gasteiger partial charge in [0.15, 0.2) is 5.78 Å². The summed E-state index contributed by atoms with van der Waals surface area (Å²) in [6, 6.07) is 11.4. The lowest BCUT2D eigenvalue weighted by atomic mass is 9.53. The minimum Gasteiger partial charge on any atom is -0.336 e. The predicted octanol–water partition coefficient (Wildman–Crippen LogP) is 7.48. The molecule has 1 amide bonds. The predicted molar refractivity (Wildman–Crippen MR) is 168 cm³/mol. The van der Waals surface area contributed by atoms with Gasteiger partial charge in [-0.05, 0) is 102 Å². The fourth-order valence-electron chi connectivity index (χ4n) is 9.25. The lowest BCUT2D eigenvalue weighted by Gasteiger charge is -2.52. The maximum atomic E-state index is 14.3. The number of nitrogens with zero attached hydrogens (tertiary/aromatic N) is 3. The summed E-state index contributed by atoms with van der Waals surface area (Å²) in [5.74, 6) is -0.347. The van der Waals surface area contributed by atoms with Crippen molar-refractivity contribution in [1.82, 2.24) is 14.8 Å². The molecule has 2 saturated carbocycles. The highest BCUT2D eigenvalue weighted by Gasteiger charge is 2.65. The van der Waals surface area contributed by atoms with Crippen LogP contribution >= 0.6 is 0 Å². The molecule has 6 nitrogen and oxygen atoms in total. The van der Waals surface area contributed by atoms with Gasteiger partial charge in [0, 0.05) is 63.0 Å². The van der Waals surface area contributed by atoms with E-state index < -0.39 is 23.8 Å². The zero-order valence-corrected chi connectivity index (χ0v) is 26.9. The normalized spacial score (nSPS) is 29.7. The SMILES string of the molecule is CC12CC(c3ccc(C(=O)N4CCN(Cc5cccnc5)CC4)cc3)C3=C4CCC(=O)C=C4CCC3C1CCC2OC(F)(F)C(F)(F)F. The van der Waals surface area contributed by atoms with Crippen LogP contribution in [0.2, 0.25) is 0 Å². The van der Waals surface area contributed by atoms with Crippen molar-refractivity contribution in [3.8, 4) is 0 Å². The van der Waals surface area contributed by atoms with Gasteiger partial charge in [-0.3, -0.25) is 19.5 Å². The van der Waals surface area contributed by atoms with E-state index in [1.807, 2.05) is 42.3 Å². The molecule has 5 atom stereocenters. The number of amides is 1. The number of carbonyl (C=O) groups is 2. The summed E-state index contributed by atoms with van der Waals surface area (Å²) in [5, 5.41) is 0. The number of piperazine rings is 1. The number of ether oxygens (including phenoxy) is 1. The largest absolute Gasteiger partial charge is 0.482 e. The van der Waals surface area contributed by atoms with Crippen LogP contribution in [-0.2, 0) is 16.1 Å². The first-order chi connectivity index (χ1) is 22.8. The molecule has 1 aromatic heterocycles. The molecule has 2 aromatic rings. The Kier molecular flexibility index (Phi) is 8.59. The van der Waals surface area contributed by atoms with E-state index in [0.29, 0.717) is 57.2 Å². The maximum absolute atomic E-state index is 14.3. The number of hydrogen-bond donors (Lipinski definition) is 0. The van der Waals surface area contributed by atoms with E-state index in [1.54, 1.807) is 24.4 Å². The standard InChI is InChI=1S/C37H40F5N3O3/c1-35-20-30(24-4-6-25(7-5-24)34(47)45-17-15-44(16-18-45)22-23-3-2-14-43-21-23)33-28-11-9-27(46)19-26(28)8-10-29(33)31(35)12-13-32(35)48-37(41,42)36(38,39)40/h2-7,14,19,21,29-32H,8-13,15-18,20,22H2,1H3. The molecule has 2 heterocycles. The van der Waals surface area contributed by atoms with Crippen LogP contribution in [0.4, 0.5) is 22.0 Å². The van der Waals surface area contributed by atoms with Crippen LogP contribution in [0.15, 0.2) is 71.6 Å². The minimum absolute atomic E-state index is 0.00789. The van der Waals surface area contributed by atoms with Crippen molar-refractivity contribution in [2.45, 2.75) is 82.7 Å². The topological polar surface area (TPSA) is 62.7 Å². The van der Waals surface area contributed by atoms with Crippen molar-refractivity contribution < 1.29 is 36.3 Å². The molecule has 0 bridgehead atoms. The van der Waals surface area contributed by atoms with E-state index in [4.69, 9.17) is 4.74 Å². The smallest absolute Gasteiger partial charge is 0.336 e. The number of pyridine rings is 1. The lowest BCUT2D eigenvalue weighted by molar-refractivity contribution is -0.408. The second-order valence-corrected chi connectivity index (χ2v) is 14.3. The van der Waals surface area contributed by atoms with Gasteiger partial charge >= 0.3 is 12.3 Å². The van der Waals surface area contributed by atoms with Crippen LogP contribution in [0.1, 0.15) is 79.3 Å². The first-order valence-corrected chi connectivity index (χ1v) is 16.9. The van der Waals surface area contributed by atoms with Gasteiger partial charge < -0.3 is 9.64 Å². The third-order valence-electron chi connectivity index (χ3n) is 11.6. The van der Waals surface area contributed by atoms with Crippen LogP contribution in [0.25, 0.3) is 0 Å². The van der Waals surface area contributed by atoms with Crippen LogP contribution in [0.5, 0.6) is 0 Å². The summed E-state index contributed by atoms with van der Waals surface area (Å²) >= 11 is 0. The van der Waals surface area contributed by atoms with Crippen LogP contribution < -0.4 is 0 Å². The quantitative estimate of drug-likeness (QED) is 0.299. The van der Waals surface area contributed by atoms with Crippen molar-refractivity contribution in [3.63, 3.8) is 0 Å². The van der Waals surface area contributed by atoms with E-state index in [-0.39, 0.29) is 35.9 Å². The fourth-order valence-corrected chi connectivity index (χ4v) is 9.25. The summed E-state index contributed by atoms with van der Waals surface area (Å²) in [6.07, 6.45) is -3.59. The molecular formula is C37H40F5N3O3. The minimum atomic E-state index is -5.80. The van der Waals surface area contributed by atoms with Gasteiger partial charge in [0.1, 0.15) is 0 Å². The molecule has 1 saturated heterocycles. The Morgan fingerprint density at radius 1 is 0.979 bits per heavy atom. The average molecular weight is 670 g/mol. The molecule has 3 fully saturated rings. The van der Waals surface area contributed by atoms with Crippen LogP contribution in [-0.4, -0.2) is 71.0 Å². The summed E-state index contributed by atoms with van der Waals surface area (Å²) in [5.41, 5.74) is 5.01. The summed E-state index contributed by atoms with van der Waals surface area (Å²) in [7, 11) is 0. The van der Waals surface area contributed by atoms with E-state index in [9.17, 15) is 31.5 Å². The monoisotopic (exact) mass is 669 g/mol. The third kappa shape index (κ3) is 6.01. The molecule has 7 rings (SSSR count). The molecule has 5 aliphatic rings. The van der Waals surface area contributed by atoms with Gasteiger partial charge in [-0.25, -0.2) is 0 Å². The maximum Gasteiger partial charge on any atom is 0.482 e. The first kappa shape index (κ1) is 33.1. The highest BCUT2D eigenvalue weighted by Crippen LogP contribution is 2.65. The van der Waals surface area contributed by atoms with E-state index in [1.165, 1.54) is 5.57 Å². The Hall–Kier alpha value is -3.44. The highest BCUT2D eigenvalue weighted by atomic mass is 19.4. The average Bonchev–Trinajstić information content (AvgIpc) is 3.39. The number of hydrogen-bond acceptors (Lipinski definition) is 5. The van der Waals surface area contributed by atoms with Gasteiger partial charge in [-0.1, -0.05) is 30.7 Å². The number of rotatable bonds is 6. The number of alkyl halides is 5. The van der Waals surface area contributed by atoms with Gasteiger partial charge in [-0.2, -0.15) is 22.0 Å². The third-order valence-corrected chi connectivity index (χ3v) is 11.6. The van der Waals surface area contributed by atoms with Crippen molar-refractivity contribution in [2.24, 2.45) is 17.3 Å². The molecule has 48 heavy (non-hydrogen) atoms. The van der Waals surface area contributed by atoms with E-state index >= 15 is 0 Å². The zero-order chi connectivity index (χ0) is 33.8. The molecular weight excluding hydrogens is 629 g/mol. The van der Waals surface area contributed by atoms with Crippen molar-refractivity contribution in [1.29, 1.82) is 0 Å². The molecule has 0 N–H and O–H groups in total. The highest BCUT2D eigenvalue weighted by molar-refractivity contribution is 5.94. The summed E-state index contributed by atoms with van der Waals surface area (Å²) in [4.78, 5) is 34.2. The van der Waals surface area contributed by atoms with E-state index in [2.05, 4.69) is 9.88 Å². The second-order valence-electron chi connectivity index (χ2n) is 14.3. The number of halogens is 5. The molecule has 1 aromatic carbocycles. The Balaban J connectivity index is 1.14. The van der Waals surface area contributed by atoms with Crippen LogP contribution in [0, 0.1) is 17.3 Å². The Bertz CT molecular complexity index is 1610. The zero-order valence-electron chi connectivity index (χ0n) is 26.9. The Morgan fingerprint density at radius 3 is 2.42 bits per heavy atom. The van der Waals surface area contributed by atoms with E-state index in [0.717, 1.165) is 41.9 Å². The van der Waals surface area contributed by atoms with Gasteiger partial charge in [0.05, 0.1) is 6.10 Å². The number of ketones is 1. The molecule has 0 spiro atoms. The molecule has 4 aliphatic carbocycles. The number of carbonyl (C=O) groups excluding carboxylic acids is 2.